The molecule has 6 nitrogen and oxygen atoms in total. The molecule has 0 N–H and O–H groups in total. The molecular formula is C16H25BFO6P. The summed E-state index contributed by atoms with van der Waals surface area (Å²) in [7, 11) is -4.66. The zero-order chi connectivity index (χ0) is 18.9. The Morgan fingerprint density at radius 3 is 2.16 bits per heavy atom. The highest BCUT2D eigenvalue weighted by atomic mass is 31.2. The van der Waals surface area contributed by atoms with Crippen molar-refractivity contribution in [3.05, 3.63) is 23.6 Å². The van der Waals surface area contributed by atoms with Gasteiger partial charge in [0.05, 0.1) is 24.4 Å². The van der Waals surface area contributed by atoms with Crippen molar-refractivity contribution < 1.29 is 31.7 Å². The lowest BCUT2D eigenvalue weighted by Gasteiger charge is -2.32. The summed E-state index contributed by atoms with van der Waals surface area (Å²) in [6.45, 7) is 11.2. The molecule has 0 bridgehead atoms. The van der Waals surface area contributed by atoms with Crippen LogP contribution in [0, 0.1) is 0 Å². The standard InChI is InChI=1S/C16H25BFO6P/c1-7-20-25(19,21-8-2)14-10-9-12(22-14)11-13(18)17-23-15(3,4)16(5,6)24-17/h9-11H,7-8H2,1-6H3. The van der Waals surface area contributed by atoms with E-state index in [2.05, 4.69) is 0 Å². The molecule has 0 aromatic carbocycles. The van der Waals surface area contributed by atoms with Crippen LogP contribution in [0.15, 0.2) is 22.3 Å². The predicted octanol–water partition coefficient (Wildman–Crippen LogP) is 4.11. The van der Waals surface area contributed by atoms with E-state index >= 15 is 0 Å². The van der Waals surface area contributed by atoms with Crippen molar-refractivity contribution in [1.29, 1.82) is 0 Å². The van der Waals surface area contributed by atoms with E-state index in [1.165, 1.54) is 12.1 Å². The van der Waals surface area contributed by atoms with Crippen molar-refractivity contribution in [2.45, 2.75) is 52.7 Å². The van der Waals surface area contributed by atoms with Gasteiger partial charge in [-0.2, -0.15) is 0 Å². The fourth-order valence-electron chi connectivity index (χ4n) is 2.23. The molecule has 0 radical (unpaired) electrons. The Morgan fingerprint density at radius 2 is 1.68 bits per heavy atom. The molecular weight excluding hydrogens is 349 g/mol. The molecule has 0 amide bonds. The van der Waals surface area contributed by atoms with Crippen LogP contribution in [-0.2, 0) is 22.9 Å². The largest absolute Gasteiger partial charge is 0.525 e. The average molecular weight is 374 g/mol. The molecule has 25 heavy (non-hydrogen) atoms. The SMILES string of the molecule is CCOP(=O)(OCC)c1ccc(C=C(F)B2OC(C)(C)C(C)(C)O2)o1. The summed E-state index contributed by atoms with van der Waals surface area (Å²) in [5, 5.41) is 0. The maximum absolute atomic E-state index is 14.5. The molecule has 1 aliphatic heterocycles. The van der Waals surface area contributed by atoms with Crippen molar-refractivity contribution >= 4 is 26.3 Å². The van der Waals surface area contributed by atoms with Crippen LogP contribution in [0.5, 0.6) is 0 Å². The third kappa shape index (κ3) is 4.26. The van der Waals surface area contributed by atoms with E-state index in [1.54, 1.807) is 13.8 Å². The molecule has 1 aromatic rings. The van der Waals surface area contributed by atoms with E-state index in [-0.39, 0.29) is 24.5 Å². The molecule has 0 aliphatic carbocycles. The zero-order valence-electron chi connectivity index (χ0n) is 15.5. The summed E-state index contributed by atoms with van der Waals surface area (Å²) in [5.41, 5.74) is -1.89. The second-order valence-electron chi connectivity index (χ2n) is 6.63. The lowest BCUT2D eigenvalue weighted by molar-refractivity contribution is 0.00578. The molecule has 1 fully saturated rings. The van der Waals surface area contributed by atoms with Gasteiger partial charge in [0.15, 0.2) is 0 Å². The lowest BCUT2D eigenvalue weighted by atomic mass is 9.87. The Labute approximate surface area is 148 Å². The number of hydrogen-bond acceptors (Lipinski definition) is 6. The highest BCUT2D eigenvalue weighted by Crippen LogP contribution is 2.47. The fourth-order valence-corrected chi connectivity index (χ4v) is 3.71. The van der Waals surface area contributed by atoms with Gasteiger partial charge in [-0.1, -0.05) is 0 Å². The van der Waals surface area contributed by atoms with E-state index in [4.69, 9.17) is 22.8 Å². The van der Waals surface area contributed by atoms with E-state index in [0.717, 1.165) is 6.08 Å². The van der Waals surface area contributed by atoms with Crippen LogP contribution in [0.1, 0.15) is 47.3 Å². The van der Waals surface area contributed by atoms with Crippen LogP contribution in [0.3, 0.4) is 0 Å². The van der Waals surface area contributed by atoms with Crippen LogP contribution in [0.4, 0.5) is 4.39 Å². The Hall–Kier alpha value is -0.915. The second kappa shape index (κ2) is 7.37. The Balaban J connectivity index is 2.20. The highest BCUT2D eigenvalue weighted by Gasteiger charge is 2.53. The van der Waals surface area contributed by atoms with Gasteiger partial charge >= 0.3 is 14.7 Å². The maximum Gasteiger partial charge on any atom is 0.525 e. The molecule has 2 heterocycles. The van der Waals surface area contributed by atoms with Crippen molar-refractivity contribution in [1.82, 2.24) is 0 Å². The average Bonchev–Trinajstić information content (AvgIpc) is 3.03. The molecule has 0 spiro atoms. The topological polar surface area (TPSA) is 67.1 Å². The van der Waals surface area contributed by atoms with Crippen LogP contribution >= 0.6 is 7.60 Å². The first-order valence-electron chi connectivity index (χ1n) is 8.27. The van der Waals surface area contributed by atoms with Crippen LogP contribution in [0.25, 0.3) is 6.08 Å². The monoisotopic (exact) mass is 374 g/mol. The van der Waals surface area contributed by atoms with E-state index in [9.17, 15) is 8.96 Å². The van der Waals surface area contributed by atoms with Crippen molar-refractivity contribution in [2.24, 2.45) is 0 Å². The summed E-state index contributed by atoms with van der Waals surface area (Å²) >= 11 is 0. The molecule has 1 aromatic heterocycles. The number of hydrogen-bond donors (Lipinski definition) is 0. The minimum absolute atomic E-state index is 0.0316. The van der Waals surface area contributed by atoms with E-state index in [0.29, 0.717) is 0 Å². The smallest absolute Gasteiger partial charge is 0.449 e. The number of furan rings is 1. The van der Waals surface area contributed by atoms with Crippen LogP contribution < -0.4 is 5.50 Å². The van der Waals surface area contributed by atoms with Gasteiger partial charge in [0, 0.05) is 6.08 Å². The number of halogens is 1. The van der Waals surface area contributed by atoms with Gasteiger partial charge in [-0.05, 0) is 53.7 Å². The van der Waals surface area contributed by atoms with Gasteiger partial charge in [-0.15, -0.1) is 0 Å². The normalized spacial score (nSPS) is 20.3. The first-order chi connectivity index (χ1) is 11.5. The summed E-state index contributed by atoms with van der Waals surface area (Å²) in [4.78, 5) is 0. The van der Waals surface area contributed by atoms with Crippen molar-refractivity contribution in [3.8, 4) is 0 Å². The third-order valence-electron chi connectivity index (χ3n) is 4.24. The van der Waals surface area contributed by atoms with Gasteiger partial charge in [-0.25, -0.2) is 4.39 Å². The third-order valence-corrected chi connectivity index (χ3v) is 6.22. The molecule has 1 aliphatic rings. The Bertz CT molecular complexity index is 658. The van der Waals surface area contributed by atoms with E-state index in [1.807, 2.05) is 27.7 Å². The first-order valence-corrected chi connectivity index (χ1v) is 9.81. The fraction of sp³-hybridized carbons (Fsp3) is 0.625. The summed E-state index contributed by atoms with van der Waals surface area (Å²) in [6, 6.07) is 2.94. The highest BCUT2D eigenvalue weighted by molar-refractivity contribution is 7.61. The molecule has 0 unspecified atom stereocenters. The quantitative estimate of drug-likeness (QED) is 0.529. The van der Waals surface area contributed by atoms with E-state index < -0.39 is 31.6 Å². The molecule has 9 heteroatoms. The summed E-state index contributed by atoms with van der Waals surface area (Å²) in [6.07, 6.45) is 1.15. The Kier molecular flexibility index (Phi) is 6.01. The summed E-state index contributed by atoms with van der Waals surface area (Å²) in [5.74, 6) is 0.168. The van der Waals surface area contributed by atoms with Gasteiger partial charge in [0.1, 0.15) is 11.5 Å². The predicted molar refractivity (Wildman–Crippen MR) is 94.4 cm³/mol. The molecule has 140 valence electrons. The van der Waals surface area contributed by atoms with Crippen LogP contribution in [0.2, 0.25) is 0 Å². The Morgan fingerprint density at radius 1 is 1.16 bits per heavy atom. The van der Waals surface area contributed by atoms with Crippen LogP contribution in [-0.4, -0.2) is 31.5 Å². The first kappa shape index (κ1) is 20.4. The molecule has 2 rings (SSSR count). The molecule has 1 saturated heterocycles. The summed E-state index contributed by atoms with van der Waals surface area (Å²) < 4.78 is 54.3. The minimum Gasteiger partial charge on any atom is -0.449 e. The van der Waals surface area contributed by atoms with Crippen molar-refractivity contribution in [2.75, 3.05) is 13.2 Å². The van der Waals surface area contributed by atoms with Gasteiger partial charge in [0.2, 0.25) is 5.50 Å². The minimum atomic E-state index is -3.54. The molecule has 0 atom stereocenters. The second-order valence-corrected chi connectivity index (χ2v) is 8.58. The van der Waals surface area contributed by atoms with Gasteiger partial charge in [0.25, 0.3) is 0 Å². The maximum atomic E-state index is 14.5. The lowest BCUT2D eigenvalue weighted by Crippen LogP contribution is -2.41. The zero-order valence-corrected chi connectivity index (χ0v) is 16.4. The molecule has 0 saturated carbocycles. The number of rotatable bonds is 7. The van der Waals surface area contributed by atoms with Gasteiger partial charge in [-0.3, -0.25) is 4.57 Å². The van der Waals surface area contributed by atoms with Crippen molar-refractivity contribution in [3.63, 3.8) is 0 Å². The van der Waals surface area contributed by atoms with Gasteiger partial charge < -0.3 is 22.8 Å².